The standard InChI is InChI=1S/C7H16O3/c1-5(2)10-7(4-8)6(3)9/h5-9H,4H2,1-3H3. The Hall–Kier alpha value is -0.120. The second-order valence-corrected chi connectivity index (χ2v) is 2.65. The van der Waals surface area contributed by atoms with Gasteiger partial charge in [-0.25, -0.2) is 0 Å². The zero-order valence-electron chi connectivity index (χ0n) is 6.74. The fraction of sp³-hybridized carbons (Fsp3) is 1.00. The molecule has 2 unspecified atom stereocenters. The zero-order valence-corrected chi connectivity index (χ0v) is 6.74. The van der Waals surface area contributed by atoms with Crippen LogP contribution >= 0.6 is 0 Å². The summed E-state index contributed by atoms with van der Waals surface area (Å²) in [7, 11) is 0. The smallest absolute Gasteiger partial charge is 0.106 e. The first-order chi connectivity index (χ1) is 4.57. The van der Waals surface area contributed by atoms with Gasteiger partial charge in [0.1, 0.15) is 6.10 Å². The summed E-state index contributed by atoms with van der Waals surface area (Å²) < 4.78 is 5.16. The molecular formula is C7H16O3. The number of ether oxygens (including phenoxy) is 1. The maximum absolute atomic E-state index is 8.98. The second-order valence-electron chi connectivity index (χ2n) is 2.65. The molecule has 0 aliphatic rings. The van der Waals surface area contributed by atoms with Gasteiger partial charge in [-0.05, 0) is 20.8 Å². The van der Waals surface area contributed by atoms with Crippen LogP contribution in [0.2, 0.25) is 0 Å². The molecule has 0 heterocycles. The average Bonchev–Trinajstić information content (AvgIpc) is 1.81. The van der Waals surface area contributed by atoms with E-state index in [1.807, 2.05) is 13.8 Å². The first-order valence-electron chi connectivity index (χ1n) is 3.52. The number of aliphatic hydroxyl groups excluding tert-OH is 2. The molecule has 10 heavy (non-hydrogen) atoms. The highest BCUT2D eigenvalue weighted by molar-refractivity contribution is 4.63. The fourth-order valence-corrected chi connectivity index (χ4v) is 0.659. The molecule has 0 aromatic heterocycles. The van der Waals surface area contributed by atoms with Gasteiger partial charge in [-0.3, -0.25) is 0 Å². The number of aliphatic hydroxyl groups is 2. The third kappa shape index (κ3) is 3.82. The van der Waals surface area contributed by atoms with Crippen LogP contribution in [0.5, 0.6) is 0 Å². The lowest BCUT2D eigenvalue weighted by molar-refractivity contribution is -0.0810. The van der Waals surface area contributed by atoms with Crippen molar-refractivity contribution in [2.45, 2.75) is 39.1 Å². The van der Waals surface area contributed by atoms with Crippen LogP contribution in [0.4, 0.5) is 0 Å². The SMILES string of the molecule is CC(C)OC(CO)C(C)O. The summed E-state index contributed by atoms with van der Waals surface area (Å²) in [6, 6.07) is 0. The van der Waals surface area contributed by atoms with Gasteiger partial charge in [0.25, 0.3) is 0 Å². The van der Waals surface area contributed by atoms with Crippen molar-refractivity contribution in [2.75, 3.05) is 6.61 Å². The summed E-state index contributed by atoms with van der Waals surface area (Å²) in [4.78, 5) is 0. The lowest BCUT2D eigenvalue weighted by Gasteiger charge is -2.20. The van der Waals surface area contributed by atoms with Crippen molar-refractivity contribution in [1.29, 1.82) is 0 Å². The van der Waals surface area contributed by atoms with Crippen molar-refractivity contribution in [3.8, 4) is 0 Å². The molecule has 3 heteroatoms. The molecule has 62 valence electrons. The molecule has 0 aromatic rings. The molecule has 0 bridgehead atoms. The summed E-state index contributed by atoms with van der Waals surface area (Å²) >= 11 is 0. The van der Waals surface area contributed by atoms with E-state index in [0.717, 1.165) is 0 Å². The van der Waals surface area contributed by atoms with E-state index < -0.39 is 12.2 Å². The van der Waals surface area contributed by atoms with Gasteiger partial charge in [0.05, 0.1) is 18.8 Å². The summed E-state index contributed by atoms with van der Waals surface area (Å²) in [6.45, 7) is 5.20. The molecule has 0 radical (unpaired) electrons. The summed E-state index contributed by atoms with van der Waals surface area (Å²) in [6.07, 6.45) is -1.00. The lowest BCUT2D eigenvalue weighted by atomic mass is 10.2. The highest BCUT2D eigenvalue weighted by Gasteiger charge is 2.14. The van der Waals surface area contributed by atoms with E-state index in [9.17, 15) is 0 Å². The van der Waals surface area contributed by atoms with Gasteiger partial charge in [0.15, 0.2) is 0 Å². The Bertz CT molecular complexity index is 80.9. The van der Waals surface area contributed by atoms with Gasteiger partial charge in [0.2, 0.25) is 0 Å². The molecule has 0 rings (SSSR count). The molecule has 0 fully saturated rings. The Labute approximate surface area is 61.6 Å². The molecule has 0 aliphatic heterocycles. The van der Waals surface area contributed by atoms with E-state index in [0.29, 0.717) is 0 Å². The Kier molecular flexibility index (Phi) is 4.60. The van der Waals surface area contributed by atoms with Gasteiger partial charge in [-0.1, -0.05) is 0 Å². The Morgan fingerprint density at radius 3 is 1.90 bits per heavy atom. The summed E-state index contributed by atoms with van der Waals surface area (Å²) in [5, 5.41) is 17.6. The molecule has 0 aromatic carbocycles. The third-order valence-corrected chi connectivity index (χ3v) is 1.16. The quantitative estimate of drug-likeness (QED) is 0.596. The fourth-order valence-electron chi connectivity index (χ4n) is 0.659. The van der Waals surface area contributed by atoms with Crippen LogP contribution in [0.3, 0.4) is 0 Å². The largest absolute Gasteiger partial charge is 0.394 e. The highest BCUT2D eigenvalue weighted by atomic mass is 16.5. The molecule has 0 saturated heterocycles. The van der Waals surface area contributed by atoms with Crippen molar-refractivity contribution in [1.82, 2.24) is 0 Å². The van der Waals surface area contributed by atoms with Crippen LogP contribution in [0.25, 0.3) is 0 Å². The number of hydrogen-bond donors (Lipinski definition) is 2. The highest BCUT2D eigenvalue weighted by Crippen LogP contribution is 2.01. The predicted octanol–water partition coefficient (Wildman–Crippen LogP) is 0.153. The second kappa shape index (κ2) is 4.66. The topological polar surface area (TPSA) is 49.7 Å². The Morgan fingerprint density at radius 1 is 1.30 bits per heavy atom. The van der Waals surface area contributed by atoms with E-state index in [1.54, 1.807) is 6.92 Å². The van der Waals surface area contributed by atoms with E-state index >= 15 is 0 Å². The van der Waals surface area contributed by atoms with Crippen molar-refractivity contribution in [3.05, 3.63) is 0 Å². The number of rotatable bonds is 4. The van der Waals surface area contributed by atoms with Crippen LogP contribution in [-0.2, 0) is 4.74 Å². The van der Waals surface area contributed by atoms with Gasteiger partial charge < -0.3 is 14.9 Å². The van der Waals surface area contributed by atoms with E-state index in [4.69, 9.17) is 14.9 Å². The minimum atomic E-state index is -0.604. The van der Waals surface area contributed by atoms with Crippen LogP contribution < -0.4 is 0 Å². The van der Waals surface area contributed by atoms with Crippen LogP contribution in [0.15, 0.2) is 0 Å². The maximum Gasteiger partial charge on any atom is 0.106 e. The van der Waals surface area contributed by atoms with Crippen molar-refractivity contribution >= 4 is 0 Å². The van der Waals surface area contributed by atoms with Gasteiger partial charge >= 0.3 is 0 Å². The average molecular weight is 148 g/mol. The van der Waals surface area contributed by atoms with Gasteiger partial charge in [-0.15, -0.1) is 0 Å². The molecule has 2 N–H and O–H groups in total. The van der Waals surface area contributed by atoms with Crippen molar-refractivity contribution in [3.63, 3.8) is 0 Å². The minimum absolute atomic E-state index is 0.0479. The normalized spacial score (nSPS) is 17.4. The molecule has 0 spiro atoms. The predicted molar refractivity (Wildman–Crippen MR) is 38.8 cm³/mol. The first-order valence-corrected chi connectivity index (χ1v) is 3.52. The van der Waals surface area contributed by atoms with E-state index in [2.05, 4.69) is 0 Å². The number of hydrogen-bond acceptors (Lipinski definition) is 3. The van der Waals surface area contributed by atoms with Gasteiger partial charge in [0, 0.05) is 0 Å². The van der Waals surface area contributed by atoms with E-state index in [-0.39, 0.29) is 12.7 Å². The van der Waals surface area contributed by atoms with E-state index in [1.165, 1.54) is 0 Å². The maximum atomic E-state index is 8.98. The van der Waals surface area contributed by atoms with Crippen LogP contribution in [0, 0.1) is 0 Å². The third-order valence-electron chi connectivity index (χ3n) is 1.16. The monoisotopic (exact) mass is 148 g/mol. The van der Waals surface area contributed by atoms with Gasteiger partial charge in [-0.2, -0.15) is 0 Å². The molecule has 0 amide bonds. The van der Waals surface area contributed by atoms with Crippen LogP contribution in [0.1, 0.15) is 20.8 Å². The van der Waals surface area contributed by atoms with Crippen molar-refractivity contribution in [2.24, 2.45) is 0 Å². The first kappa shape index (κ1) is 9.88. The molecule has 0 aliphatic carbocycles. The van der Waals surface area contributed by atoms with Crippen molar-refractivity contribution < 1.29 is 14.9 Å². The molecule has 3 nitrogen and oxygen atoms in total. The molecular weight excluding hydrogens is 132 g/mol. The summed E-state index contributed by atoms with van der Waals surface area (Å²) in [5.74, 6) is 0. The molecule has 0 saturated carbocycles. The Morgan fingerprint density at radius 2 is 1.80 bits per heavy atom. The Balaban J connectivity index is 3.60. The molecule has 2 atom stereocenters. The zero-order chi connectivity index (χ0) is 8.15. The van der Waals surface area contributed by atoms with Crippen LogP contribution in [-0.4, -0.2) is 35.1 Å². The minimum Gasteiger partial charge on any atom is -0.394 e. The summed E-state index contributed by atoms with van der Waals surface area (Å²) in [5.41, 5.74) is 0. The lowest BCUT2D eigenvalue weighted by Crippen LogP contribution is -2.32.